The molecule has 3 aromatic carbocycles. The fourth-order valence-corrected chi connectivity index (χ4v) is 2.52. The van der Waals surface area contributed by atoms with Crippen LogP contribution in [0, 0.1) is 20.2 Å². The Hall–Kier alpha value is -4.40. The summed E-state index contributed by atoms with van der Waals surface area (Å²) >= 11 is 0. The topological polar surface area (TPSA) is 130 Å². The first-order chi connectivity index (χ1) is 13.8. The van der Waals surface area contributed by atoms with Crippen molar-refractivity contribution in [3.63, 3.8) is 0 Å². The van der Waals surface area contributed by atoms with Gasteiger partial charge in [0, 0.05) is 23.3 Å². The van der Waals surface area contributed by atoms with Crippen LogP contribution in [0.1, 0.15) is 26.3 Å². The molecule has 0 amide bonds. The summed E-state index contributed by atoms with van der Waals surface area (Å²) in [6.45, 7) is 0. The van der Waals surface area contributed by atoms with Crippen molar-refractivity contribution in [3.05, 3.63) is 110 Å². The van der Waals surface area contributed by atoms with Crippen LogP contribution < -0.4 is 4.74 Å². The normalized spacial score (nSPS) is 10.2. The van der Waals surface area contributed by atoms with E-state index in [0.29, 0.717) is 11.1 Å². The van der Waals surface area contributed by atoms with Crippen LogP contribution in [-0.4, -0.2) is 21.6 Å². The Bertz CT molecular complexity index is 1080. The highest BCUT2D eigenvalue weighted by atomic mass is 16.6. The molecule has 9 nitrogen and oxygen atoms in total. The lowest BCUT2D eigenvalue weighted by Crippen LogP contribution is -2.10. The number of carbonyl (C=O) groups is 2. The Morgan fingerprint density at radius 2 is 1.21 bits per heavy atom. The van der Waals surface area contributed by atoms with E-state index in [0.717, 1.165) is 18.2 Å². The Morgan fingerprint density at radius 1 is 0.690 bits per heavy atom. The molecule has 0 aliphatic heterocycles. The van der Waals surface area contributed by atoms with E-state index in [2.05, 4.69) is 0 Å². The predicted octanol–water partition coefficient (Wildman–Crippen LogP) is 3.95. The van der Waals surface area contributed by atoms with Gasteiger partial charge in [-0.2, -0.15) is 0 Å². The van der Waals surface area contributed by atoms with Crippen molar-refractivity contribution in [1.29, 1.82) is 0 Å². The molecule has 0 atom stereocenters. The largest absolute Gasteiger partial charge is 0.423 e. The summed E-state index contributed by atoms with van der Waals surface area (Å²) in [5, 5.41) is 21.9. The standard InChI is InChI=1S/C20H12N2O7/c23-19(13-4-2-1-3-5-13)14-6-8-18(9-7-14)29-20(24)15-10-16(21(25)26)12-17(11-15)22(27)28/h1-12H. The second kappa shape index (κ2) is 8.09. The molecule has 29 heavy (non-hydrogen) atoms. The van der Waals surface area contributed by atoms with Crippen LogP contribution in [0.15, 0.2) is 72.8 Å². The third-order valence-electron chi connectivity index (χ3n) is 3.92. The molecule has 0 spiro atoms. The Labute approximate surface area is 163 Å². The van der Waals surface area contributed by atoms with E-state index in [1.165, 1.54) is 24.3 Å². The van der Waals surface area contributed by atoms with Crippen molar-refractivity contribution in [2.24, 2.45) is 0 Å². The number of ketones is 1. The van der Waals surface area contributed by atoms with Crippen molar-refractivity contribution in [2.45, 2.75) is 0 Å². The lowest BCUT2D eigenvalue weighted by Gasteiger charge is -2.06. The van der Waals surface area contributed by atoms with E-state index in [1.54, 1.807) is 30.3 Å². The number of ether oxygens (including phenoxy) is 1. The van der Waals surface area contributed by atoms with Gasteiger partial charge in [-0.15, -0.1) is 0 Å². The Balaban J connectivity index is 1.80. The monoisotopic (exact) mass is 392 g/mol. The third kappa shape index (κ3) is 4.48. The molecule has 3 rings (SSSR count). The lowest BCUT2D eigenvalue weighted by atomic mass is 10.0. The molecule has 0 saturated carbocycles. The summed E-state index contributed by atoms with van der Waals surface area (Å²) in [7, 11) is 0. The highest BCUT2D eigenvalue weighted by Gasteiger charge is 2.21. The molecule has 0 N–H and O–H groups in total. The second-order valence-electron chi connectivity index (χ2n) is 5.86. The number of carbonyl (C=O) groups excluding carboxylic acids is 2. The summed E-state index contributed by atoms with van der Waals surface area (Å²) < 4.78 is 5.11. The first kappa shape index (κ1) is 19.4. The molecule has 0 aliphatic rings. The molecular weight excluding hydrogens is 380 g/mol. The fraction of sp³-hybridized carbons (Fsp3) is 0. The number of nitro groups is 2. The third-order valence-corrected chi connectivity index (χ3v) is 3.92. The average molecular weight is 392 g/mol. The van der Waals surface area contributed by atoms with E-state index in [4.69, 9.17) is 4.74 Å². The number of hydrogen-bond donors (Lipinski definition) is 0. The molecule has 0 bridgehead atoms. The SMILES string of the molecule is O=C(Oc1ccc(C(=O)c2ccccc2)cc1)c1cc([N+](=O)[O-])cc([N+](=O)[O-])c1. The molecule has 0 aromatic heterocycles. The maximum absolute atomic E-state index is 12.4. The molecule has 144 valence electrons. The van der Waals surface area contributed by atoms with Crippen molar-refractivity contribution in [2.75, 3.05) is 0 Å². The minimum Gasteiger partial charge on any atom is -0.423 e. The van der Waals surface area contributed by atoms with Gasteiger partial charge in [0.05, 0.1) is 21.5 Å². The zero-order chi connectivity index (χ0) is 21.0. The van der Waals surface area contributed by atoms with E-state index in [-0.39, 0.29) is 17.1 Å². The first-order valence-electron chi connectivity index (χ1n) is 8.21. The number of hydrogen-bond acceptors (Lipinski definition) is 7. The molecular formula is C20H12N2O7. The van der Waals surface area contributed by atoms with Crippen LogP contribution in [0.5, 0.6) is 5.75 Å². The van der Waals surface area contributed by atoms with Gasteiger partial charge in [-0.3, -0.25) is 25.0 Å². The zero-order valence-electron chi connectivity index (χ0n) is 14.7. The first-order valence-corrected chi connectivity index (χ1v) is 8.21. The van der Waals surface area contributed by atoms with Crippen LogP contribution in [0.3, 0.4) is 0 Å². The minimum absolute atomic E-state index is 0.0776. The van der Waals surface area contributed by atoms with Gasteiger partial charge in [0.2, 0.25) is 0 Å². The Kier molecular flexibility index (Phi) is 5.40. The van der Waals surface area contributed by atoms with Crippen LogP contribution in [0.2, 0.25) is 0 Å². The Morgan fingerprint density at radius 3 is 1.72 bits per heavy atom. The van der Waals surface area contributed by atoms with Crippen molar-refractivity contribution in [1.82, 2.24) is 0 Å². The van der Waals surface area contributed by atoms with Gasteiger partial charge < -0.3 is 4.74 Å². The van der Waals surface area contributed by atoms with Gasteiger partial charge in [0.25, 0.3) is 11.4 Å². The summed E-state index contributed by atoms with van der Waals surface area (Å²) in [6.07, 6.45) is 0. The smallest absolute Gasteiger partial charge is 0.344 e. The summed E-state index contributed by atoms with van der Waals surface area (Å²) in [6, 6.07) is 16.9. The van der Waals surface area contributed by atoms with Crippen LogP contribution in [0.4, 0.5) is 11.4 Å². The van der Waals surface area contributed by atoms with E-state index in [9.17, 15) is 29.8 Å². The quantitative estimate of drug-likeness (QED) is 0.204. The number of rotatable bonds is 6. The molecule has 0 saturated heterocycles. The van der Waals surface area contributed by atoms with Gasteiger partial charge in [-0.1, -0.05) is 30.3 Å². The number of benzene rings is 3. The maximum Gasteiger partial charge on any atom is 0.344 e. The fourth-order valence-electron chi connectivity index (χ4n) is 2.52. The second-order valence-corrected chi connectivity index (χ2v) is 5.86. The average Bonchev–Trinajstić information content (AvgIpc) is 2.74. The lowest BCUT2D eigenvalue weighted by molar-refractivity contribution is -0.394. The minimum atomic E-state index is -1.00. The van der Waals surface area contributed by atoms with Crippen LogP contribution in [0.25, 0.3) is 0 Å². The van der Waals surface area contributed by atoms with Crippen LogP contribution in [-0.2, 0) is 0 Å². The van der Waals surface area contributed by atoms with E-state index in [1.807, 2.05) is 0 Å². The van der Waals surface area contributed by atoms with Gasteiger partial charge in [0.15, 0.2) is 5.78 Å². The highest BCUT2D eigenvalue weighted by molar-refractivity contribution is 6.09. The van der Waals surface area contributed by atoms with Crippen LogP contribution >= 0.6 is 0 Å². The molecule has 9 heteroatoms. The van der Waals surface area contributed by atoms with Crippen molar-refractivity contribution in [3.8, 4) is 5.75 Å². The summed E-state index contributed by atoms with van der Waals surface area (Å²) in [5.74, 6) is -1.13. The van der Waals surface area contributed by atoms with Crippen molar-refractivity contribution < 1.29 is 24.2 Å². The summed E-state index contributed by atoms with van der Waals surface area (Å²) in [4.78, 5) is 44.8. The maximum atomic E-state index is 12.4. The van der Waals surface area contributed by atoms with Gasteiger partial charge in [0.1, 0.15) is 5.75 Å². The molecule has 0 heterocycles. The summed E-state index contributed by atoms with van der Waals surface area (Å²) in [5.41, 5.74) is -0.664. The number of nitrogens with zero attached hydrogens (tertiary/aromatic N) is 2. The zero-order valence-corrected chi connectivity index (χ0v) is 14.7. The van der Waals surface area contributed by atoms with Gasteiger partial charge in [-0.05, 0) is 24.3 Å². The van der Waals surface area contributed by atoms with E-state index < -0.39 is 27.2 Å². The van der Waals surface area contributed by atoms with Gasteiger partial charge >= 0.3 is 5.97 Å². The molecule has 0 aliphatic carbocycles. The number of esters is 1. The van der Waals surface area contributed by atoms with Crippen molar-refractivity contribution >= 4 is 23.1 Å². The molecule has 0 unspecified atom stereocenters. The molecule has 3 aromatic rings. The van der Waals surface area contributed by atoms with E-state index >= 15 is 0 Å². The molecule has 0 fully saturated rings. The number of non-ortho nitro benzene ring substituents is 2. The highest BCUT2D eigenvalue weighted by Crippen LogP contribution is 2.24. The van der Waals surface area contributed by atoms with Gasteiger partial charge in [-0.25, -0.2) is 4.79 Å². The predicted molar refractivity (Wildman–Crippen MR) is 101 cm³/mol. The molecule has 0 radical (unpaired) electrons. The number of nitro benzene ring substituents is 2.